The van der Waals surface area contributed by atoms with Crippen molar-refractivity contribution in [1.29, 1.82) is 0 Å². The molecule has 0 bridgehead atoms. The van der Waals surface area contributed by atoms with Gasteiger partial charge in [0, 0.05) is 53.1 Å². The molecule has 1 heterocycles. The minimum Gasteiger partial charge on any atom is -0.354 e. The Balaban J connectivity index is 0.00000684. The third kappa shape index (κ3) is 12.9. The van der Waals surface area contributed by atoms with E-state index in [4.69, 9.17) is 0 Å². The summed E-state index contributed by atoms with van der Waals surface area (Å²) in [4.78, 5) is 73.1. The number of anilines is 1. The number of rotatable bonds is 12. The van der Waals surface area contributed by atoms with Gasteiger partial charge in [0.1, 0.15) is 18.3 Å². The number of hydrogen-bond donors (Lipinski definition) is 4. The smallest absolute Gasteiger partial charge is 0.354 e. The number of ketones is 1. The molecule has 1 saturated carbocycles. The number of nitrogens with zero attached hydrogens (tertiary/aromatic N) is 1. The van der Waals surface area contributed by atoms with Crippen molar-refractivity contribution in [2.45, 2.75) is 65.5 Å². The Kier molecular flexibility index (Phi) is 18.6. The topological polar surface area (TPSA) is 155 Å². The first-order chi connectivity index (χ1) is 17.1. The van der Waals surface area contributed by atoms with Crippen LogP contribution in [0, 0.1) is 18.3 Å². The summed E-state index contributed by atoms with van der Waals surface area (Å²) in [7, 11) is 0. The van der Waals surface area contributed by atoms with E-state index in [0.717, 1.165) is 19.3 Å². The molecule has 2 rings (SSSR count). The molecule has 0 saturated heterocycles. The van der Waals surface area contributed by atoms with Crippen molar-refractivity contribution in [3.8, 4) is 0 Å². The minimum absolute atomic E-state index is 0. The molecule has 205 valence electrons. The first-order valence-electron chi connectivity index (χ1n) is 12.3. The van der Waals surface area contributed by atoms with Gasteiger partial charge in [-0.2, -0.15) is 12.3 Å². The van der Waals surface area contributed by atoms with Crippen molar-refractivity contribution in [3.63, 3.8) is 0 Å². The zero-order valence-electron chi connectivity index (χ0n) is 22.5. The molecular weight excluding hydrogens is 738 g/mol. The Morgan fingerprint density at radius 2 is 1.87 bits per heavy atom. The summed E-state index contributed by atoms with van der Waals surface area (Å²) in [6.07, 6.45) is 6.42. The minimum atomic E-state index is -1.13. The zero-order chi connectivity index (χ0) is 26.7. The second-order valence-electron chi connectivity index (χ2n) is 9.11. The number of aromatic nitrogens is 1. The van der Waals surface area contributed by atoms with Crippen molar-refractivity contribution in [1.82, 2.24) is 20.5 Å². The Morgan fingerprint density at radius 1 is 1.16 bits per heavy atom. The van der Waals surface area contributed by atoms with Crippen LogP contribution < -0.4 is 85.0 Å². The normalized spacial score (nSPS) is 17.0. The number of pyridine rings is 1. The number of nitrogens with one attached hydrogen (secondary N) is 4. The second-order valence-corrected chi connectivity index (χ2v) is 9.11. The Labute approximate surface area is 285 Å². The van der Waals surface area contributed by atoms with Crippen LogP contribution in [-0.2, 0) is 50.9 Å². The van der Waals surface area contributed by atoms with Gasteiger partial charge in [0.25, 0.3) is 11.5 Å². The molecule has 1 radical (unpaired) electrons. The SMILES string of the molecule is CCNC(=O)C(=O)CC[C@H](NC(C)=O)C(=O)Nc1cccn(CC(=O)NC[C@H]2C[CH-][C@@H](C)CC2)c1=O.[Rb+].[Re]. The van der Waals surface area contributed by atoms with E-state index in [1.807, 2.05) is 0 Å². The Bertz CT molecular complexity index is 1030. The standard InChI is InChI=1S/C25H36N5O6.Rb.Re/c1-4-26-24(35)21(32)12-11-19(28-17(3)31)23(34)29-20-6-5-13-30(25(20)36)15-22(33)27-14-18-9-7-16(2)8-10-18;;/h5-7,13,16,18-19H,4,8-12,14-15H2,1-3H3,(H,26,35)(H,27,33)(H,28,31)(H,29,34);;/q-1;+1;/t16-,18+,19+;;/m1../s1. The van der Waals surface area contributed by atoms with Gasteiger partial charge >= 0.3 is 58.2 Å². The molecule has 1 fully saturated rings. The second kappa shape index (κ2) is 19.1. The van der Waals surface area contributed by atoms with Crippen LogP contribution >= 0.6 is 0 Å². The average Bonchev–Trinajstić information content (AvgIpc) is 2.83. The predicted octanol–water partition coefficient (Wildman–Crippen LogP) is -2.46. The quantitative estimate of drug-likeness (QED) is 0.137. The molecule has 0 aliphatic heterocycles. The Hall–Kier alpha value is -1.03. The molecule has 11 nitrogen and oxygen atoms in total. The summed E-state index contributed by atoms with van der Waals surface area (Å²) in [5.74, 6) is -2.02. The summed E-state index contributed by atoms with van der Waals surface area (Å²) in [6.45, 7) is 5.69. The number of likely N-dealkylation sites (N-methyl/N-ethyl adjacent to an activating group) is 1. The van der Waals surface area contributed by atoms with E-state index in [2.05, 4.69) is 34.6 Å². The molecule has 13 heteroatoms. The summed E-state index contributed by atoms with van der Waals surface area (Å²) < 4.78 is 1.19. The van der Waals surface area contributed by atoms with Gasteiger partial charge in [-0.1, -0.05) is 25.7 Å². The first-order valence-corrected chi connectivity index (χ1v) is 12.3. The van der Waals surface area contributed by atoms with Crippen LogP contribution in [0.4, 0.5) is 5.69 Å². The third-order valence-corrected chi connectivity index (χ3v) is 6.03. The molecule has 0 unspecified atom stereocenters. The summed E-state index contributed by atoms with van der Waals surface area (Å²) in [5, 5.41) is 10.1. The maximum Gasteiger partial charge on any atom is 1.00 e. The monoisotopic (exact) mass is 774 g/mol. The molecule has 4 amide bonds. The fraction of sp³-hybridized carbons (Fsp3) is 0.560. The molecule has 3 atom stereocenters. The number of Topliss-reactive ketones (excluding diaryl/α,β-unsaturated/α-hetero) is 1. The van der Waals surface area contributed by atoms with Crippen LogP contribution in [0.1, 0.15) is 52.9 Å². The van der Waals surface area contributed by atoms with Gasteiger partial charge in [0.05, 0.1) is 0 Å². The van der Waals surface area contributed by atoms with Crippen molar-refractivity contribution < 1.29 is 103 Å². The molecule has 38 heavy (non-hydrogen) atoms. The zero-order valence-corrected chi connectivity index (χ0v) is 30.1. The molecule has 4 N–H and O–H groups in total. The van der Waals surface area contributed by atoms with Crippen LogP contribution in [0.3, 0.4) is 0 Å². The van der Waals surface area contributed by atoms with Gasteiger partial charge in [0.2, 0.25) is 23.5 Å². The molecule has 1 aromatic heterocycles. The molecule has 0 aromatic carbocycles. The third-order valence-electron chi connectivity index (χ3n) is 6.03. The predicted molar refractivity (Wildman–Crippen MR) is 134 cm³/mol. The number of hydrogen-bond acceptors (Lipinski definition) is 6. The maximum absolute atomic E-state index is 12.8. The maximum atomic E-state index is 12.8. The molecule has 1 aliphatic carbocycles. The van der Waals surface area contributed by atoms with E-state index in [1.54, 1.807) is 6.92 Å². The van der Waals surface area contributed by atoms with Crippen LogP contribution in [0.25, 0.3) is 0 Å². The van der Waals surface area contributed by atoms with Crippen molar-refractivity contribution in [3.05, 3.63) is 35.1 Å². The van der Waals surface area contributed by atoms with Crippen LogP contribution in [0.5, 0.6) is 0 Å². The number of amides is 4. The van der Waals surface area contributed by atoms with Crippen LogP contribution in [0.2, 0.25) is 0 Å². The van der Waals surface area contributed by atoms with E-state index >= 15 is 0 Å². The van der Waals surface area contributed by atoms with Gasteiger partial charge in [0.15, 0.2) is 0 Å². The van der Waals surface area contributed by atoms with Crippen molar-refractivity contribution in [2.24, 2.45) is 11.8 Å². The Morgan fingerprint density at radius 3 is 2.47 bits per heavy atom. The molecule has 1 aliphatic rings. The van der Waals surface area contributed by atoms with E-state index in [9.17, 15) is 28.8 Å². The van der Waals surface area contributed by atoms with Gasteiger partial charge in [-0.15, -0.1) is 0 Å². The number of carbonyl (C=O) groups is 5. The molecule has 0 spiro atoms. The van der Waals surface area contributed by atoms with Crippen LogP contribution in [-0.4, -0.2) is 53.1 Å². The summed E-state index contributed by atoms with van der Waals surface area (Å²) >= 11 is 0. The summed E-state index contributed by atoms with van der Waals surface area (Å²) in [6, 6.07) is 1.78. The van der Waals surface area contributed by atoms with Crippen LogP contribution in [0.15, 0.2) is 23.1 Å². The van der Waals surface area contributed by atoms with E-state index in [0.29, 0.717) is 18.4 Å². The van der Waals surface area contributed by atoms with E-state index in [-0.39, 0.29) is 116 Å². The number of carbonyl (C=O) groups excluding carboxylic acids is 5. The fourth-order valence-electron chi connectivity index (χ4n) is 3.95. The van der Waals surface area contributed by atoms with E-state index in [1.165, 1.54) is 29.8 Å². The van der Waals surface area contributed by atoms with Crippen molar-refractivity contribution >= 4 is 35.1 Å². The van der Waals surface area contributed by atoms with Gasteiger partial charge < -0.3 is 32.3 Å². The first kappa shape index (κ1) is 37.0. The van der Waals surface area contributed by atoms with Gasteiger partial charge in [-0.05, 0) is 25.5 Å². The fourth-order valence-corrected chi connectivity index (χ4v) is 3.95. The largest absolute Gasteiger partial charge is 1.00 e. The van der Waals surface area contributed by atoms with Gasteiger partial charge in [-0.25, -0.2) is 0 Å². The molecule has 1 aromatic rings. The summed E-state index contributed by atoms with van der Waals surface area (Å²) in [5.41, 5.74) is -0.655. The van der Waals surface area contributed by atoms with Crippen molar-refractivity contribution in [2.75, 3.05) is 18.4 Å². The molecular formula is C25H36N5O6RbRe. The van der Waals surface area contributed by atoms with E-state index < -0.39 is 35.1 Å². The average molecular weight is 774 g/mol. The van der Waals surface area contributed by atoms with Gasteiger partial charge in [-0.3, -0.25) is 28.8 Å².